The lowest BCUT2D eigenvalue weighted by atomic mass is 10.3. The van der Waals surface area contributed by atoms with Crippen molar-refractivity contribution >= 4 is 27.9 Å². The van der Waals surface area contributed by atoms with E-state index >= 15 is 0 Å². The van der Waals surface area contributed by atoms with E-state index in [9.17, 15) is 9.59 Å². The topological polar surface area (TPSA) is 75.2 Å². The van der Waals surface area contributed by atoms with Gasteiger partial charge in [-0.15, -0.1) is 0 Å². The predicted octanol–water partition coefficient (Wildman–Crippen LogP) is 0.765. The molecule has 16 heavy (non-hydrogen) atoms. The molecule has 1 N–H and O–H groups in total. The van der Waals surface area contributed by atoms with Gasteiger partial charge in [0.1, 0.15) is 12.0 Å². The molecule has 1 aliphatic rings. The minimum absolute atomic E-state index is 0.163. The Hall–Kier alpha value is -1.76. The summed E-state index contributed by atoms with van der Waals surface area (Å²) >= 11 is 3.01. The second-order valence-electron chi connectivity index (χ2n) is 3.09. The summed E-state index contributed by atoms with van der Waals surface area (Å²) in [4.78, 5) is 33.2. The molecule has 1 aliphatic heterocycles. The number of rotatable bonds is 2. The number of halogens is 1. The van der Waals surface area contributed by atoms with E-state index in [0.717, 1.165) is 4.90 Å². The molecule has 6 nitrogen and oxygen atoms in total. The number of amides is 3. The summed E-state index contributed by atoms with van der Waals surface area (Å²) in [5.41, 5.74) is 0.920. The molecule has 2 heterocycles. The van der Waals surface area contributed by atoms with Gasteiger partial charge in [-0.25, -0.2) is 14.8 Å². The summed E-state index contributed by atoms with van der Waals surface area (Å²) < 4.78 is 0. The van der Waals surface area contributed by atoms with Gasteiger partial charge >= 0.3 is 6.03 Å². The highest BCUT2D eigenvalue weighted by molar-refractivity contribution is 9.11. The zero-order valence-electron chi connectivity index (χ0n) is 8.05. The maximum Gasteiger partial charge on any atom is 0.329 e. The van der Waals surface area contributed by atoms with E-state index in [2.05, 4.69) is 31.2 Å². The lowest BCUT2D eigenvalue weighted by Gasteiger charge is -2.10. The van der Waals surface area contributed by atoms with Crippen molar-refractivity contribution in [3.05, 3.63) is 35.0 Å². The molecular formula is C9H7BrN4O2. The molecule has 7 heteroatoms. The quantitative estimate of drug-likeness (QED) is 0.642. The van der Waals surface area contributed by atoms with Gasteiger partial charge in [0.15, 0.2) is 0 Å². The van der Waals surface area contributed by atoms with Crippen LogP contribution in [0.25, 0.3) is 0 Å². The molecule has 1 aromatic rings. The van der Waals surface area contributed by atoms with Crippen molar-refractivity contribution in [2.75, 3.05) is 0 Å². The first-order chi connectivity index (χ1) is 7.72. The van der Waals surface area contributed by atoms with Crippen molar-refractivity contribution in [1.82, 2.24) is 20.2 Å². The molecule has 0 saturated carbocycles. The predicted molar refractivity (Wildman–Crippen MR) is 58.1 cm³/mol. The molecule has 0 unspecified atom stereocenters. The van der Waals surface area contributed by atoms with Crippen LogP contribution in [-0.2, 0) is 11.3 Å². The summed E-state index contributed by atoms with van der Waals surface area (Å²) in [6, 6.07) is -0.445. The van der Waals surface area contributed by atoms with Crippen molar-refractivity contribution < 1.29 is 9.59 Å². The lowest BCUT2D eigenvalue weighted by Crippen LogP contribution is -2.30. The number of nitrogens with one attached hydrogen (secondary N) is 1. The van der Waals surface area contributed by atoms with Crippen molar-refractivity contribution in [2.45, 2.75) is 6.54 Å². The standard InChI is InChI=1S/C9H7BrN4O2/c10-1-7-8(15)14(9(16)13-7)4-6-2-11-5-12-3-6/h1-3,5H,4H2,(H,13,16)/b7-1-. The highest BCUT2D eigenvalue weighted by Gasteiger charge is 2.33. The van der Waals surface area contributed by atoms with E-state index in [1.54, 1.807) is 12.4 Å². The largest absolute Gasteiger partial charge is 0.329 e. The van der Waals surface area contributed by atoms with E-state index in [-0.39, 0.29) is 18.1 Å². The number of aromatic nitrogens is 2. The Balaban J connectivity index is 2.17. The van der Waals surface area contributed by atoms with Gasteiger partial charge in [0.25, 0.3) is 5.91 Å². The van der Waals surface area contributed by atoms with Gasteiger partial charge in [-0.3, -0.25) is 9.69 Å². The highest BCUT2D eigenvalue weighted by atomic mass is 79.9. The zero-order chi connectivity index (χ0) is 11.5. The van der Waals surface area contributed by atoms with Gasteiger partial charge in [-0.2, -0.15) is 0 Å². The fraction of sp³-hybridized carbons (Fsp3) is 0.111. The molecule has 0 spiro atoms. The van der Waals surface area contributed by atoms with E-state index in [4.69, 9.17) is 0 Å². The molecular weight excluding hydrogens is 276 g/mol. The summed E-state index contributed by atoms with van der Waals surface area (Å²) in [5, 5.41) is 2.43. The van der Waals surface area contributed by atoms with Gasteiger partial charge in [-0.1, -0.05) is 15.9 Å². The molecule has 0 bridgehead atoms. The molecule has 3 amide bonds. The zero-order valence-corrected chi connectivity index (χ0v) is 9.64. The number of carbonyl (C=O) groups is 2. The molecule has 1 saturated heterocycles. The Bertz CT molecular complexity index is 460. The van der Waals surface area contributed by atoms with Crippen LogP contribution in [0.1, 0.15) is 5.56 Å². The minimum Gasteiger partial charge on any atom is -0.302 e. The van der Waals surface area contributed by atoms with Crippen molar-refractivity contribution in [2.24, 2.45) is 0 Å². The lowest BCUT2D eigenvalue weighted by molar-refractivity contribution is -0.123. The first-order valence-corrected chi connectivity index (χ1v) is 5.31. The molecule has 1 aromatic heterocycles. The summed E-state index contributed by atoms with van der Waals surface area (Å²) in [6.45, 7) is 0.163. The van der Waals surface area contributed by atoms with Gasteiger partial charge < -0.3 is 5.32 Å². The molecule has 0 atom stereocenters. The average Bonchev–Trinajstić information content (AvgIpc) is 2.58. The van der Waals surface area contributed by atoms with Gasteiger partial charge in [0, 0.05) is 22.9 Å². The van der Waals surface area contributed by atoms with E-state index in [1.165, 1.54) is 11.3 Å². The smallest absolute Gasteiger partial charge is 0.302 e. The van der Waals surface area contributed by atoms with Crippen LogP contribution in [0, 0.1) is 0 Å². The minimum atomic E-state index is -0.445. The Morgan fingerprint density at radius 2 is 2.06 bits per heavy atom. The SMILES string of the molecule is O=C1N/C(=C\Br)C(=O)N1Cc1cncnc1. The second kappa shape index (κ2) is 4.40. The summed E-state index contributed by atoms with van der Waals surface area (Å²) in [5.74, 6) is -0.370. The van der Waals surface area contributed by atoms with E-state index < -0.39 is 6.03 Å². The normalized spacial score (nSPS) is 18.1. The molecule has 82 valence electrons. The molecule has 1 fully saturated rings. The summed E-state index contributed by atoms with van der Waals surface area (Å²) in [6.07, 6.45) is 4.51. The van der Waals surface area contributed by atoms with Crippen LogP contribution in [0.2, 0.25) is 0 Å². The Morgan fingerprint density at radius 3 is 2.62 bits per heavy atom. The summed E-state index contributed by atoms with van der Waals surface area (Å²) in [7, 11) is 0. The Kier molecular flexibility index (Phi) is 2.95. The van der Waals surface area contributed by atoms with Crippen molar-refractivity contribution in [3.63, 3.8) is 0 Å². The molecule has 0 radical (unpaired) electrons. The van der Waals surface area contributed by atoms with Crippen LogP contribution in [0.4, 0.5) is 4.79 Å². The van der Waals surface area contributed by atoms with E-state index in [1.807, 2.05) is 0 Å². The molecule has 0 aliphatic carbocycles. The van der Waals surface area contributed by atoms with Crippen molar-refractivity contribution in [3.8, 4) is 0 Å². The number of imide groups is 1. The van der Waals surface area contributed by atoms with Crippen LogP contribution in [0.15, 0.2) is 29.4 Å². The molecule has 0 aromatic carbocycles. The fourth-order valence-electron chi connectivity index (χ4n) is 1.29. The Morgan fingerprint density at radius 1 is 1.38 bits per heavy atom. The number of carbonyl (C=O) groups excluding carboxylic acids is 2. The van der Waals surface area contributed by atoms with Gasteiger partial charge in [0.05, 0.1) is 6.54 Å². The van der Waals surface area contributed by atoms with Crippen LogP contribution in [0.3, 0.4) is 0 Å². The van der Waals surface area contributed by atoms with Crippen molar-refractivity contribution in [1.29, 1.82) is 0 Å². The fourth-order valence-corrected chi connectivity index (χ4v) is 1.60. The Labute approximate surface area is 99.5 Å². The third-order valence-electron chi connectivity index (χ3n) is 2.03. The van der Waals surface area contributed by atoms with Crippen LogP contribution < -0.4 is 5.32 Å². The molecule has 2 rings (SSSR count). The third-order valence-corrected chi connectivity index (χ3v) is 2.48. The first kappa shape index (κ1) is 10.7. The van der Waals surface area contributed by atoms with Gasteiger partial charge in [-0.05, 0) is 0 Å². The number of urea groups is 1. The van der Waals surface area contributed by atoms with E-state index in [0.29, 0.717) is 5.56 Å². The number of nitrogens with zero attached hydrogens (tertiary/aromatic N) is 3. The monoisotopic (exact) mass is 282 g/mol. The van der Waals surface area contributed by atoms with Crippen LogP contribution in [0.5, 0.6) is 0 Å². The maximum atomic E-state index is 11.7. The number of hydrogen-bond acceptors (Lipinski definition) is 4. The van der Waals surface area contributed by atoms with Crippen LogP contribution >= 0.6 is 15.9 Å². The third kappa shape index (κ3) is 1.94. The maximum absolute atomic E-state index is 11.7. The number of hydrogen-bond donors (Lipinski definition) is 1. The second-order valence-corrected chi connectivity index (χ2v) is 3.55. The highest BCUT2D eigenvalue weighted by Crippen LogP contribution is 2.13. The van der Waals surface area contributed by atoms with Crippen LogP contribution in [-0.4, -0.2) is 26.8 Å². The first-order valence-electron chi connectivity index (χ1n) is 4.39. The van der Waals surface area contributed by atoms with Gasteiger partial charge in [0.2, 0.25) is 0 Å². The average molecular weight is 283 g/mol.